The molecule has 2 fully saturated rings. The van der Waals surface area contributed by atoms with Crippen LogP contribution in [0.15, 0.2) is 0 Å². The maximum Gasteiger partial charge on any atom is 0.00672 e. The Bertz CT molecular complexity index is 221. The van der Waals surface area contributed by atoms with Gasteiger partial charge in [-0.2, -0.15) is 0 Å². The van der Waals surface area contributed by atoms with E-state index in [1.807, 2.05) is 0 Å². The summed E-state index contributed by atoms with van der Waals surface area (Å²) in [4.78, 5) is 0. The summed E-state index contributed by atoms with van der Waals surface area (Å²) in [6.45, 7) is 2.30. The van der Waals surface area contributed by atoms with E-state index in [0.717, 1.165) is 17.8 Å². The molecule has 3 atom stereocenters. The molecule has 2 saturated carbocycles. The topological polar surface area (TPSA) is 52.0 Å². The molecule has 0 bridgehead atoms. The fourth-order valence-corrected chi connectivity index (χ4v) is 3.96. The van der Waals surface area contributed by atoms with Crippen LogP contribution in [0, 0.1) is 17.8 Å². The van der Waals surface area contributed by atoms with E-state index in [1.54, 1.807) is 0 Å². The zero-order valence-corrected chi connectivity index (χ0v) is 11.4. The second-order valence-electron chi connectivity index (χ2n) is 6.53. The van der Waals surface area contributed by atoms with Crippen molar-refractivity contribution in [3.05, 3.63) is 0 Å². The average molecular weight is 238 g/mol. The minimum absolute atomic E-state index is 0.482. The van der Waals surface area contributed by atoms with E-state index < -0.39 is 0 Å². The van der Waals surface area contributed by atoms with Crippen LogP contribution in [0.3, 0.4) is 0 Å². The van der Waals surface area contributed by atoms with Crippen LogP contribution in [0.5, 0.6) is 0 Å². The molecule has 0 aromatic rings. The molecule has 0 aromatic heterocycles. The highest BCUT2D eigenvalue weighted by Gasteiger charge is 2.29. The fourth-order valence-electron chi connectivity index (χ4n) is 3.96. The molecule has 4 N–H and O–H groups in total. The van der Waals surface area contributed by atoms with Gasteiger partial charge in [0, 0.05) is 12.1 Å². The monoisotopic (exact) mass is 238 g/mol. The fraction of sp³-hybridized carbons (Fsp3) is 1.00. The first-order chi connectivity index (χ1) is 8.19. The zero-order valence-electron chi connectivity index (χ0n) is 11.4. The third-order valence-electron chi connectivity index (χ3n) is 5.23. The molecule has 3 unspecified atom stereocenters. The highest BCUT2D eigenvalue weighted by atomic mass is 14.7. The van der Waals surface area contributed by atoms with Gasteiger partial charge >= 0.3 is 0 Å². The summed E-state index contributed by atoms with van der Waals surface area (Å²) in [5.41, 5.74) is 12.2. The van der Waals surface area contributed by atoms with E-state index in [0.29, 0.717) is 12.1 Å². The Balaban J connectivity index is 1.75. The van der Waals surface area contributed by atoms with E-state index in [4.69, 9.17) is 11.5 Å². The molecule has 2 nitrogen and oxygen atoms in total. The first kappa shape index (κ1) is 13.4. The summed E-state index contributed by atoms with van der Waals surface area (Å²) in [7, 11) is 0. The molecule has 0 amide bonds. The Morgan fingerprint density at radius 2 is 1.53 bits per heavy atom. The Morgan fingerprint density at radius 1 is 0.882 bits per heavy atom. The van der Waals surface area contributed by atoms with Crippen LogP contribution < -0.4 is 11.5 Å². The molecule has 100 valence electrons. The van der Waals surface area contributed by atoms with E-state index in [2.05, 4.69) is 6.92 Å². The summed E-state index contributed by atoms with van der Waals surface area (Å²) < 4.78 is 0. The highest BCUT2D eigenvalue weighted by Crippen LogP contribution is 2.37. The minimum Gasteiger partial charge on any atom is -0.328 e. The van der Waals surface area contributed by atoms with Gasteiger partial charge in [0.05, 0.1) is 0 Å². The van der Waals surface area contributed by atoms with Gasteiger partial charge in [-0.1, -0.05) is 13.3 Å². The Morgan fingerprint density at radius 3 is 2.18 bits per heavy atom. The molecular weight excluding hydrogens is 208 g/mol. The third kappa shape index (κ3) is 3.69. The van der Waals surface area contributed by atoms with Crippen LogP contribution in [0.1, 0.15) is 64.7 Å². The summed E-state index contributed by atoms with van der Waals surface area (Å²) in [5.74, 6) is 2.71. The van der Waals surface area contributed by atoms with Gasteiger partial charge in [-0.25, -0.2) is 0 Å². The SMILES string of the molecule is CCC1CC(CC2CCC(N)CC2)CCC1N. The Kier molecular flexibility index (Phi) is 4.87. The lowest BCUT2D eigenvalue weighted by Gasteiger charge is -2.36. The number of hydrogen-bond donors (Lipinski definition) is 2. The first-order valence-electron chi connectivity index (χ1n) is 7.70. The van der Waals surface area contributed by atoms with Crippen LogP contribution in [-0.2, 0) is 0 Å². The van der Waals surface area contributed by atoms with Gasteiger partial charge in [-0.15, -0.1) is 0 Å². The van der Waals surface area contributed by atoms with Crippen LogP contribution in [-0.4, -0.2) is 12.1 Å². The van der Waals surface area contributed by atoms with Gasteiger partial charge in [0.15, 0.2) is 0 Å². The van der Waals surface area contributed by atoms with Crippen molar-refractivity contribution >= 4 is 0 Å². The second kappa shape index (κ2) is 6.19. The lowest BCUT2D eigenvalue weighted by molar-refractivity contribution is 0.179. The van der Waals surface area contributed by atoms with E-state index in [-0.39, 0.29) is 0 Å². The van der Waals surface area contributed by atoms with Gasteiger partial charge in [-0.3, -0.25) is 0 Å². The van der Waals surface area contributed by atoms with Crippen molar-refractivity contribution < 1.29 is 0 Å². The lowest BCUT2D eigenvalue weighted by atomic mass is 9.72. The Hall–Kier alpha value is -0.0800. The molecule has 0 aromatic carbocycles. The van der Waals surface area contributed by atoms with Crippen molar-refractivity contribution in [2.24, 2.45) is 29.2 Å². The van der Waals surface area contributed by atoms with Crippen molar-refractivity contribution in [3.8, 4) is 0 Å². The summed E-state index contributed by atoms with van der Waals surface area (Å²) in [5, 5.41) is 0. The van der Waals surface area contributed by atoms with Crippen LogP contribution in [0.4, 0.5) is 0 Å². The smallest absolute Gasteiger partial charge is 0.00672 e. The number of nitrogens with two attached hydrogens (primary N) is 2. The molecule has 2 aliphatic rings. The summed E-state index contributed by atoms with van der Waals surface area (Å²) in [6, 6.07) is 0.977. The van der Waals surface area contributed by atoms with Crippen LogP contribution in [0.2, 0.25) is 0 Å². The maximum atomic E-state index is 6.19. The average Bonchev–Trinajstić information content (AvgIpc) is 2.34. The lowest BCUT2D eigenvalue weighted by Crippen LogP contribution is -2.36. The first-order valence-corrected chi connectivity index (χ1v) is 7.70. The molecule has 17 heavy (non-hydrogen) atoms. The van der Waals surface area contributed by atoms with Crippen molar-refractivity contribution in [2.75, 3.05) is 0 Å². The third-order valence-corrected chi connectivity index (χ3v) is 5.23. The largest absolute Gasteiger partial charge is 0.328 e. The second-order valence-corrected chi connectivity index (χ2v) is 6.53. The molecule has 0 radical (unpaired) electrons. The van der Waals surface area contributed by atoms with Crippen molar-refractivity contribution in [2.45, 2.75) is 76.8 Å². The van der Waals surface area contributed by atoms with Crippen LogP contribution >= 0.6 is 0 Å². The van der Waals surface area contributed by atoms with Crippen molar-refractivity contribution in [1.82, 2.24) is 0 Å². The molecule has 0 aliphatic heterocycles. The molecule has 2 aliphatic carbocycles. The number of rotatable bonds is 3. The van der Waals surface area contributed by atoms with Gasteiger partial charge in [0.1, 0.15) is 0 Å². The van der Waals surface area contributed by atoms with Crippen LogP contribution in [0.25, 0.3) is 0 Å². The quantitative estimate of drug-likeness (QED) is 0.794. The Labute approximate surface area is 107 Å². The predicted molar refractivity (Wildman–Crippen MR) is 73.6 cm³/mol. The predicted octanol–water partition coefficient (Wildman–Crippen LogP) is 3.05. The molecule has 2 heteroatoms. The van der Waals surface area contributed by atoms with E-state index >= 15 is 0 Å². The van der Waals surface area contributed by atoms with Gasteiger partial charge < -0.3 is 11.5 Å². The summed E-state index contributed by atoms with van der Waals surface area (Å²) >= 11 is 0. The molecular formula is C15H30N2. The number of hydrogen-bond acceptors (Lipinski definition) is 2. The minimum atomic E-state index is 0.482. The summed E-state index contributed by atoms with van der Waals surface area (Å²) in [6.07, 6.45) is 12.0. The van der Waals surface area contributed by atoms with Crippen molar-refractivity contribution in [3.63, 3.8) is 0 Å². The maximum absolute atomic E-state index is 6.19. The van der Waals surface area contributed by atoms with Gasteiger partial charge in [0.25, 0.3) is 0 Å². The molecule has 0 saturated heterocycles. The molecule has 0 spiro atoms. The van der Waals surface area contributed by atoms with Gasteiger partial charge in [-0.05, 0) is 69.1 Å². The van der Waals surface area contributed by atoms with Gasteiger partial charge in [0.2, 0.25) is 0 Å². The molecule has 2 rings (SSSR count). The van der Waals surface area contributed by atoms with Crippen molar-refractivity contribution in [1.29, 1.82) is 0 Å². The van der Waals surface area contributed by atoms with E-state index in [9.17, 15) is 0 Å². The molecule has 0 heterocycles. The standard InChI is InChI=1S/C15H30N2/c1-2-13-10-12(5-8-15(13)17)9-11-3-6-14(16)7-4-11/h11-15H,2-10,16-17H2,1H3. The van der Waals surface area contributed by atoms with E-state index in [1.165, 1.54) is 57.8 Å². The zero-order chi connectivity index (χ0) is 12.3. The normalized spacial score (nSPS) is 43.6. The highest BCUT2D eigenvalue weighted by molar-refractivity contribution is 4.84.